The standard InChI is InChI=1S/C17H18ClNO3/c18-12-4-3-7-14(10-12)21-11-15-8-9-16(22-15)17(20)19-13-5-1-2-6-13/h3-4,7-10,13H,1-2,5-6,11H2,(H,19,20). The predicted octanol–water partition coefficient (Wildman–Crippen LogP) is 4.18. The van der Waals surface area contributed by atoms with E-state index in [0.29, 0.717) is 22.3 Å². The molecule has 1 fully saturated rings. The highest BCUT2D eigenvalue weighted by Crippen LogP contribution is 2.20. The van der Waals surface area contributed by atoms with Crippen LogP contribution in [0.25, 0.3) is 0 Å². The number of ether oxygens (including phenoxy) is 1. The molecule has 1 heterocycles. The van der Waals surface area contributed by atoms with Gasteiger partial charge < -0.3 is 14.5 Å². The van der Waals surface area contributed by atoms with Crippen molar-refractivity contribution >= 4 is 17.5 Å². The summed E-state index contributed by atoms with van der Waals surface area (Å²) in [5.41, 5.74) is 0. The lowest BCUT2D eigenvalue weighted by Crippen LogP contribution is -2.32. The Bertz CT molecular complexity index is 647. The highest BCUT2D eigenvalue weighted by Gasteiger charge is 2.19. The molecule has 116 valence electrons. The zero-order valence-electron chi connectivity index (χ0n) is 12.2. The fraction of sp³-hybridized carbons (Fsp3) is 0.353. The summed E-state index contributed by atoms with van der Waals surface area (Å²) < 4.78 is 11.1. The van der Waals surface area contributed by atoms with Gasteiger partial charge in [-0.2, -0.15) is 0 Å². The van der Waals surface area contributed by atoms with Crippen LogP contribution in [0.2, 0.25) is 5.02 Å². The maximum atomic E-state index is 12.1. The number of carbonyl (C=O) groups excluding carboxylic acids is 1. The third-order valence-electron chi connectivity index (χ3n) is 3.75. The van der Waals surface area contributed by atoms with Crippen molar-refractivity contribution in [3.8, 4) is 5.75 Å². The second-order valence-electron chi connectivity index (χ2n) is 5.47. The minimum atomic E-state index is -0.152. The van der Waals surface area contributed by atoms with Crippen LogP contribution in [0.1, 0.15) is 42.0 Å². The summed E-state index contributed by atoms with van der Waals surface area (Å²) in [6.45, 7) is 0.261. The summed E-state index contributed by atoms with van der Waals surface area (Å²) in [5.74, 6) is 1.45. The van der Waals surface area contributed by atoms with E-state index in [0.717, 1.165) is 12.8 Å². The molecule has 1 aliphatic carbocycles. The van der Waals surface area contributed by atoms with Gasteiger partial charge in [0.05, 0.1) is 0 Å². The lowest BCUT2D eigenvalue weighted by atomic mass is 10.2. The van der Waals surface area contributed by atoms with E-state index >= 15 is 0 Å². The molecule has 0 aliphatic heterocycles. The number of carbonyl (C=O) groups is 1. The van der Waals surface area contributed by atoms with Gasteiger partial charge in [-0.05, 0) is 43.2 Å². The second kappa shape index (κ2) is 6.88. The van der Waals surface area contributed by atoms with Crippen molar-refractivity contribution in [3.05, 3.63) is 52.9 Å². The Hall–Kier alpha value is -1.94. The number of nitrogens with one attached hydrogen (secondary N) is 1. The van der Waals surface area contributed by atoms with Crippen LogP contribution in [0, 0.1) is 0 Å². The van der Waals surface area contributed by atoms with Gasteiger partial charge in [0, 0.05) is 11.1 Å². The summed E-state index contributed by atoms with van der Waals surface area (Å²) in [7, 11) is 0. The van der Waals surface area contributed by atoms with E-state index in [1.165, 1.54) is 12.8 Å². The largest absolute Gasteiger partial charge is 0.486 e. The topological polar surface area (TPSA) is 51.5 Å². The number of rotatable bonds is 5. The highest BCUT2D eigenvalue weighted by molar-refractivity contribution is 6.30. The van der Waals surface area contributed by atoms with Gasteiger partial charge in [0.15, 0.2) is 5.76 Å². The Labute approximate surface area is 134 Å². The number of hydrogen-bond donors (Lipinski definition) is 1. The molecule has 0 atom stereocenters. The average molecular weight is 320 g/mol. The molecule has 1 saturated carbocycles. The van der Waals surface area contributed by atoms with Crippen molar-refractivity contribution in [1.82, 2.24) is 5.32 Å². The maximum Gasteiger partial charge on any atom is 0.287 e. The molecule has 0 unspecified atom stereocenters. The van der Waals surface area contributed by atoms with E-state index < -0.39 is 0 Å². The van der Waals surface area contributed by atoms with Crippen LogP contribution in [-0.2, 0) is 6.61 Å². The monoisotopic (exact) mass is 319 g/mol. The molecule has 0 radical (unpaired) electrons. The van der Waals surface area contributed by atoms with Crippen LogP contribution in [0.3, 0.4) is 0 Å². The number of hydrogen-bond acceptors (Lipinski definition) is 3. The van der Waals surface area contributed by atoms with Crippen molar-refractivity contribution in [2.75, 3.05) is 0 Å². The summed E-state index contributed by atoms with van der Waals surface area (Å²) in [6.07, 6.45) is 4.47. The molecule has 0 saturated heterocycles. The Morgan fingerprint density at radius 2 is 2.09 bits per heavy atom. The van der Waals surface area contributed by atoms with Crippen molar-refractivity contribution in [3.63, 3.8) is 0 Å². The minimum absolute atomic E-state index is 0.152. The molecule has 3 rings (SSSR count). The lowest BCUT2D eigenvalue weighted by molar-refractivity contribution is 0.0905. The maximum absolute atomic E-state index is 12.1. The second-order valence-corrected chi connectivity index (χ2v) is 5.90. The summed E-state index contributed by atoms with van der Waals surface area (Å²) >= 11 is 5.90. The first kappa shape index (κ1) is 15.0. The zero-order chi connectivity index (χ0) is 15.4. The Morgan fingerprint density at radius 1 is 1.27 bits per heavy atom. The normalized spacial score (nSPS) is 15.0. The third-order valence-corrected chi connectivity index (χ3v) is 3.99. The van der Waals surface area contributed by atoms with Crippen LogP contribution >= 0.6 is 11.6 Å². The van der Waals surface area contributed by atoms with Crippen molar-refractivity contribution in [2.24, 2.45) is 0 Å². The van der Waals surface area contributed by atoms with E-state index in [1.54, 1.807) is 24.3 Å². The van der Waals surface area contributed by atoms with Crippen molar-refractivity contribution in [2.45, 2.75) is 38.3 Å². The SMILES string of the molecule is O=C(NC1CCCC1)c1ccc(COc2cccc(Cl)c2)o1. The van der Waals surface area contributed by atoms with Gasteiger partial charge in [0.1, 0.15) is 18.1 Å². The minimum Gasteiger partial charge on any atom is -0.486 e. The fourth-order valence-electron chi connectivity index (χ4n) is 2.62. The number of furan rings is 1. The van der Waals surface area contributed by atoms with E-state index in [4.69, 9.17) is 20.8 Å². The van der Waals surface area contributed by atoms with E-state index in [2.05, 4.69) is 5.32 Å². The van der Waals surface area contributed by atoms with Crippen LogP contribution < -0.4 is 10.1 Å². The molecule has 1 amide bonds. The van der Waals surface area contributed by atoms with Gasteiger partial charge in [0.2, 0.25) is 0 Å². The molecule has 1 aromatic carbocycles. The first-order valence-corrected chi connectivity index (χ1v) is 7.86. The number of amides is 1. The first-order valence-electron chi connectivity index (χ1n) is 7.48. The molecule has 4 nitrogen and oxygen atoms in total. The molecule has 0 spiro atoms. The zero-order valence-corrected chi connectivity index (χ0v) is 12.9. The lowest BCUT2D eigenvalue weighted by Gasteiger charge is -2.10. The van der Waals surface area contributed by atoms with Gasteiger partial charge in [-0.1, -0.05) is 30.5 Å². The molecule has 1 N–H and O–H groups in total. The summed E-state index contributed by atoms with van der Waals surface area (Å²) in [4.78, 5) is 12.1. The van der Waals surface area contributed by atoms with E-state index in [-0.39, 0.29) is 18.6 Å². The molecule has 1 aromatic heterocycles. The quantitative estimate of drug-likeness (QED) is 0.899. The van der Waals surface area contributed by atoms with Gasteiger partial charge in [0.25, 0.3) is 5.91 Å². The first-order chi connectivity index (χ1) is 10.7. The van der Waals surface area contributed by atoms with Crippen LogP contribution in [-0.4, -0.2) is 11.9 Å². The number of benzene rings is 1. The van der Waals surface area contributed by atoms with Gasteiger partial charge in [-0.25, -0.2) is 0 Å². The Kier molecular flexibility index (Phi) is 4.68. The van der Waals surface area contributed by atoms with E-state index in [1.807, 2.05) is 12.1 Å². The molecular weight excluding hydrogens is 302 g/mol. The van der Waals surface area contributed by atoms with Crippen LogP contribution in [0.5, 0.6) is 5.75 Å². The Morgan fingerprint density at radius 3 is 2.86 bits per heavy atom. The molecule has 22 heavy (non-hydrogen) atoms. The molecule has 1 aliphatic rings. The molecular formula is C17H18ClNO3. The van der Waals surface area contributed by atoms with Crippen LogP contribution in [0.15, 0.2) is 40.8 Å². The smallest absolute Gasteiger partial charge is 0.287 e. The molecule has 2 aromatic rings. The average Bonchev–Trinajstić information content (AvgIpc) is 3.16. The van der Waals surface area contributed by atoms with Gasteiger partial charge in [-0.15, -0.1) is 0 Å². The predicted molar refractivity (Wildman–Crippen MR) is 84.2 cm³/mol. The fourth-order valence-corrected chi connectivity index (χ4v) is 2.80. The van der Waals surface area contributed by atoms with Crippen molar-refractivity contribution < 1.29 is 13.9 Å². The summed E-state index contributed by atoms with van der Waals surface area (Å²) in [5, 5.41) is 3.62. The van der Waals surface area contributed by atoms with Crippen LogP contribution in [0.4, 0.5) is 0 Å². The molecule has 0 bridgehead atoms. The number of halogens is 1. The van der Waals surface area contributed by atoms with E-state index in [9.17, 15) is 4.79 Å². The Balaban J connectivity index is 1.55. The van der Waals surface area contributed by atoms with Gasteiger partial charge in [-0.3, -0.25) is 4.79 Å². The molecule has 5 heteroatoms. The summed E-state index contributed by atoms with van der Waals surface area (Å²) in [6, 6.07) is 10.9. The third kappa shape index (κ3) is 3.83. The van der Waals surface area contributed by atoms with Gasteiger partial charge >= 0.3 is 0 Å². The van der Waals surface area contributed by atoms with Crippen molar-refractivity contribution in [1.29, 1.82) is 0 Å². The highest BCUT2D eigenvalue weighted by atomic mass is 35.5.